The Kier molecular flexibility index (Phi) is 7.77. The van der Waals surface area contributed by atoms with Crippen molar-refractivity contribution in [3.8, 4) is 0 Å². The third kappa shape index (κ3) is 7.78. The van der Waals surface area contributed by atoms with Gasteiger partial charge < -0.3 is 15.0 Å². The van der Waals surface area contributed by atoms with E-state index in [1.165, 1.54) is 29.2 Å². The quantitative estimate of drug-likeness (QED) is 0.456. The molecule has 0 aliphatic rings. The number of carbonyl (C=O) groups is 2. The molecule has 1 rings (SSSR count). The first-order chi connectivity index (χ1) is 12.1. The van der Waals surface area contributed by atoms with Crippen LogP contribution < -0.4 is 5.32 Å². The van der Waals surface area contributed by atoms with Crippen molar-refractivity contribution in [3.63, 3.8) is 0 Å². The summed E-state index contributed by atoms with van der Waals surface area (Å²) in [5.74, 6) is -0.350. The molecule has 0 aromatic heterocycles. The van der Waals surface area contributed by atoms with Crippen molar-refractivity contribution in [3.05, 3.63) is 46.0 Å². The summed E-state index contributed by atoms with van der Waals surface area (Å²) in [6, 6.07) is 5.98. The first-order valence-electron chi connectivity index (χ1n) is 8.30. The number of nitro groups is 1. The molecule has 0 unspecified atom stereocenters. The van der Waals surface area contributed by atoms with Gasteiger partial charge in [0.1, 0.15) is 5.60 Å². The minimum absolute atomic E-state index is 0.0384. The molecule has 0 aliphatic heterocycles. The van der Waals surface area contributed by atoms with E-state index in [2.05, 4.69) is 5.32 Å². The van der Waals surface area contributed by atoms with Gasteiger partial charge in [0.25, 0.3) is 5.69 Å². The topological polar surface area (TPSA) is 102 Å². The number of likely N-dealkylation sites (N-methyl/N-ethyl adjacent to an activating group) is 1. The van der Waals surface area contributed by atoms with E-state index < -0.39 is 16.6 Å². The zero-order valence-corrected chi connectivity index (χ0v) is 15.5. The van der Waals surface area contributed by atoms with E-state index in [0.29, 0.717) is 18.7 Å². The van der Waals surface area contributed by atoms with E-state index in [0.717, 1.165) is 0 Å². The molecule has 0 spiro atoms. The van der Waals surface area contributed by atoms with Crippen LogP contribution in [-0.2, 0) is 9.53 Å². The Hall–Kier alpha value is -2.90. The minimum atomic E-state index is -0.575. The average Bonchev–Trinajstić information content (AvgIpc) is 2.55. The van der Waals surface area contributed by atoms with E-state index in [1.807, 2.05) is 6.92 Å². The fraction of sp³-hybridized carbons (Fsp3) is 0.444. The van der Waals surface area contributed by atoms with Gasteiger partial charge in [-0.15, -0.1) is 0 Å². The molecule has 0 fully saturated rings. The second-order valence-corrected chi connectivity index (χ2v) is 6.54. The van der Waals surface area contributed by atoms with Gasteiger partial charge in [0.15, 0.2) is 0 Å². The molecule has 8 heteroatoms. The lowest BCUT2D eigenvalue weighted by atomic mass is 10.2. The third-order valence-electron chi connectivity index (χ3n) is 3.22. The average molecular weight is 363 g/mol. The van der Waals surface area contributed by atoms with Gasteiger partial charge in [0.05, 0.1) is 4.92 Å². The van der Waals surface area contributed by atoms with Crippen molar-refractivity contribution in [2.24, 2.45) is 0 Å². The summed E-state index contributed by atoms with van der Waals surface area (Å²) in [6.07, 6.45) is 2.36. The Morgan fingerprint density at radius 2 is 2.04 bits per heavy atom. The zero-order chi connectivity index (χ0) is 19.7. The summed E-state index contributed by atoms with van der Waals surface area (Å²) in [7, 11) is 0. The maximum atomic E-state index is 12.0. The number of nitro benzene ring substituents is 1. The van der Waals surface area contributed by atoms with Crippen molar-refractivity contribution >= 4 is 23.8 Å². The van der Waals surface area contributed by atoms with Crippen LogP contribution in [0.4, 0.5) is 10.5 Å². The molecule has 1 aromatic carbocycles. The molecule has 142 valence electrons. The summed E-state index contributed by atoms with van der Waals surface area (Å²) in [5, 5.41) is 13.4. The summed E-state index contributed by atoms with van der Waals surface area (Å²) in [6.45, 7) is 8.26. The van der Waals surface area contributed by atoms with Crippen LogP contribution >= 0.6 is 0 Å². The lowest BCUT2D eigenvalue weighted by Crippen LogP contribution is -2.41. The number of nitrogens with one attached hydrogen (secondary N) is 1. The molecule has 0 saturated carbocycles. The minimum Gasteiger partial charge on any atom is -0.444 e. The van der Waals surface area contributed by atoms with Crippen molar-refractivity contribution < 1.29 is 19.2 Å². The lowest BCUT2D eigenvalue weighted by Gasteiger charge is -2.26. The number of ether oxygens (including phenoxy) is 1. The van der Waals surface area contributed by atoms with E-state index in [1.54, 1.807) is 32.9 Å². The summed E-state index contributed by atoms with van der Waals surface area (Å²) >= 11 is 0. The Bertz CT molecular complexity index is 680. The van der Waals surface area contributed by atoms with Gasteiger partial charge in [0, 0.05) is 37.8 Å². The van der Waals surface area contributed by atoms with Crippen LogP contribution in [0.3, 0.4) is 0 Å². The fourth-order valence-corrected chi connectivity index (χ4v) is 1.99. The maximum absolute atomic E-state index is 12.0. The maximum Gasteiger partial charge on any atom is 0.410 e. The van der Waals surface area contributed by atoms with Crippen molar-refractivity contribution in [2.75, 3.05) is 19.6 Å². The predicted molar refractivity (Wildman–Crippen MR) is 98.6 cm³/mol. The van der Waals surface area contributed by atoms with Crippen LogP contribution in [0.25, 0.3) is 6.08 Å². The van der Waals surface area contributed by atoms with Gasteiger partial charge in [-0.2, -0.15) is 0 Å². The molecule has 0 heterocycles. The lowest BCUT2D eigenvalue weighted by molar-refractivity contribution is -0.384. The Morgan fingerprint density at radius 1 is 1.35 bits per heavy atom. The highest BCUT2D eigenvalue weighted by Crippen LogP contribution is 2.14. The number of nitrogens with zero attached hydrogens (tertiary/aromatic N) is 2. The normalized spacial score (nSPS) is 11.2. The second kappa shape index (κ2) is 9.55. The number of hydrogen-bond acceptors (Lipinski definition) is 5. The number of carbonyl (C=O) groups excluding carboxylic acids is 2. The Morgan fingerprint density at radius 3 is 2.62 bits per heavy atom. The molecular formula is C18H25N3O5. The molecule has 0 bridgehead atoms. The van der Waals surface area contributed by atoms with Gasteiger partial charge in [-0.05, 0) is 39.3 Å². The summed E-state index contributed by atoms with van der Waals surface area (Å²) < 4.78 is 5.29. The highest BCUT2D eigenvalue weighted by molar-refractivity contribution is 5.91. The summed E-state index contributed by atoms with van der Waals surface area (Å²) in [4.78, 5) is 35.6. The Labute approximate surface area is 153 Å². The molecule has 0 aliphatic carbocycles. The van der Waals surface area contributed by atoms with Crippen molar-refractivity contribution in [1.82, 2.24) is 10.2 Å². The highest BCUT2D eigenvalue weighted by atomic mass is 16.6. The van der Waals surface area contributed by atoms with Gasteiger partial charge in [0.2, 0.25) is 5.91 Å². The number of rotatable bonds is 7. The van der Waals surface area contributed by atoms with Crippen LogP contribution in [0.15, 0.2) is 30.3 Å². The predicted octanol–water partition coefficient (Wildman–Crippen LogP) is 2.98. The van der Waals surface area contributed by atoms with Crippen LogP contribution in [0.1, 0.15) is 33.3 Å². The molecule has 2 amide bonds. The first-order valence-corrected chi connectivity index (χ1v) is 8.30. The third-order valence-corrected chi connectivity index (χ3v) is 3.22. The van der Waals surface area contributed by atoms with Crippen molar-refractivity contribution in [2.45, 2.75) is 33.3 Å². The molecule has 0 radical (unpaired) electrons. The first kappa shape index (κ1) is 21.1. The number of benzene rings is 1. The fourth-order valence-electron chi connectivity index (χ4n) is 1.99. The SMILES string of the molecule is CCN(CCNC(=O)/C=C/c1cccc([N+](=O)[O-])c1)C(=O)OC(C)(C)C. The molecule has 1 N–H and O–H groups in total. The Balaban J connectivity index is 2.49. The smallest absolute Gasteiger partial charge is 0.410 e. The zero-order valence-electron chi connectivity index (χ0n) is 15.5. The number of amides is 2. The second-order valence-electron chi connectivity index (χ2n) is 6.54. The molecule has 1 aromatic rings. The van der Waals surface area contributed by atoms with E-state index in [9.17, 15) is 19.7 Å². The molecule has 8 nitrogen and oxygen atoms in total. The largest absolute Gasteiger partial charge is 0.444 e. The number of non-ortho nitro benzene ring substituents is 1. The van der Waals surface area contributed by atoms with Gasteiger partial charge in [-0.1, -0.05) is 12.1 Å². The highest BCUT2D eigenvalue weighted by Gasteiger charge is 2.20. The van der Waals surface area contributed by atoms with Crippen LogP contribution in [0, 0.1) is 10.1 Å². The van der Waals surface area contributed by atoms with E-state index in [-0.39, 0.29) is 18.1 Å². The van der Waals surface area contributed by atoms with Crippen LogP contribution in [0.2, 0.25) is 0 Å². The van der Waals surface area contributed by atoms with Crippen LogP contribution in [0.5, 0.6) is 0 Å². The van der Waals surface area contributed by atoms with Crippen LogP contribution in [-0.4, -0.2) is 47.1 Å². The standard InChI is InChI=1S/C18H25N3O5/c1-5-20(17(23)26-18(2,3)4)12-11-19-16(22)10-9-14-7-6-8-15(13-14)21(24)25/h6-10,13H,5,11-12H2,1-4H3,(H,19,22)/b10-9+. The molecule has 0 atom stereocenters. The number of hydrogen-bond donors (Lipinski definition) is 1. The molecular weight excluding hydrogens is 338 g/mol. The van der Waals surface area contributed by atoms with E-state index in [4.69, 9.17) is 4.74 Å². The van der Waals surface area contributed by atoms with Gasteiger partial charge >= 0.3 is 6.09 Å². The monoisotopic (exact) mass is 363 g/mol. The molecule has 26 heavy (non-hydrogen) atoms. The molecule has 0 saturated heterocycles. The van der Waals surface area contributed by atoms with Crippen molar-refractivity contribution in [1.29, 1.82) is 0 Å². The van der Waals surface area contributed by atoms with E-state index >= 15 is 0 Å². The van der Waals surface area contributed by atoms with Gasteiger partial charge in [-0.3, -0.25) is 14.9 Å². The van der Waals surface area contributed by atoms with Gasteiger partial charge in [-0.25, -0.2) is 4.79 Å². The summed E-state index contributed by atoms with van der Waals surface area (Å²) in [5.41, 5.74) is -0.0591.